The summed E-state index contributed by atoms with van der Waals surface area (Å²) < 4.78 is 0. The van der Waals surface area contributed by atoms with Crippen LogP contribution in [0.4, 0.5) is 0 Å². The van der Waals surface area contributed by atoms with Crippen LogP contribution < -0.4 is 5.73 Å². The Labute approximate surface area is 88.8 Å². The fourth-order valence-electron chi connectivity index (χ4n) is 2.55. The highest BCUT2D eigenvalue weighted by molar-refractivity contribution is 4.85. The molecule has 1 fully saturated rings. The van der Waals surface area contributed by atoms with Gasteiger partial charge in [-0.1, -0.05) is 12.8 Å². The van der Waals surface area contributed by atoms with Crippen molar-refractivity contribution in [2.24, 2.45) is 5.73 Å². The highest BCUT2D eigenvalue weighted by atomic mass is 15.2. The Balaban J connectivity index is 2.64. The Hall–Kier alpha value is -0.0800. The molecule has 0 aromatic rings. The molecule has 0 radical (unpaired) electrons. The van der Waals surface area contributed by atoms with E-state index in [1.165, 1.54) is 32.2 Å². The summed E-state index contributed by atoms with van der Waals surface area (Å²) in [6, 6.07) is 0.725. The summed E-state index contributed by atoms with van der Waals surface area (Å²) in [6.45, 7) is 9.05. The molecule has 2 nitrogen and oxygen atoms in total. The number of hydrogen-bond acceptors (Lipinski definition) is 2. The minimum atomic E-state index is 0.310. The molecule has 1 aliphatic rings. The van der Waals surface area contributed by atoms with Gasteiger partial charge in [0.1, 0.15) is 0 Å². The molecule has 1 heterocycles. The first-order valence-electron chi connectivity index (χ1n) is 6.02. The molecule has 1 atom stereocenters. The molecule has 2 N–H and O–H groups in total. The molecule has 0 aromatic heterocycles. The number of likely N-dealkylation sites (tertiary alicyclic amines) is 1. The highest BCUT2D eigenvalue weighted by Crippen LogP contribution is 2.26. The Morgan fingerprint density at radius 3 is 2.50 bits per heavy atom. The van der Waals surface area contributed by atoms with Crippen molar-refractivity contribution in [1.29, 1.82) is 0 Å². The minimum absolute atomic E-state index is 0.310. The molecule has 0 spiro atoms. The molecule has 2 heteroatoms. The van der Waals surface area contributed by atoms with Crippen LogP contribution in [0.25, 0.3) is 0 Å². The lowest BCUT2D eigenvalue weighted by atomic mass is 9.99. The van der Waals surface area contributed by atoms with Crippen molar-refractivity contribution in [3.63, 3.8) is 0 Å². The maximum Gasteiger partial charge on any atom is 0.0127 e. The molecule has 1 unspecified atom stereocenters. The van der Waals surface area contributed by atoms with E-state index in [9.17, 15) is 0 Å². The first-order chi connectivity index (χ1) is 6.55. The van der Waals surface area contributed by atoms with Crippen molar-refractivity contribution < 1.29 is 0 Å². The zero-order chi connectivity index (χ0) is 10.6. The van der Waals surface area contributed by atoms with Crippen LogP contribution in [0.2, 0.25) is 0 Å². The van der Waals surface area contributed by atoms with Crippen LogP contribution in [0.15, 0.2) is 0 Å². The summed E-state index contributed by atoms with van der Waals surface area (Å²) >= 11 is 0. The third-order valence-electron chi connectivity index (χ3n) is 3.24. The van der Waals surface area contributed by atoms with Crippen molar-refractivity contribution in [3.8, 4) is 0 Å². The van der Waals surface area contributed by atoms with Crippen LogP contribution >= 0.6 is 0 Å². The van der Waals surface area contributed by atoms with E-state index in [2.05, 4.69) is 25.7 Å². The van der Waals surface area contributed by atoms with Gasteiger partial charge in [-0.05, 0) is 53.1 Å². The zero-order valence-corrected chi connectivity index (χ0v) is 10.1. The average Bonchev–Trinajstić information content (AvgIpc) is 2.29. The highest BCUT2D eigenvalue weighted by Gasteiger charge is 2.28. The molecule has 0 saturated carbocycles. The third kappa shape index (κ3) is 3.25. The van der Waals surface area contributed by atoms with Gasteiger partial charge in [0, 0.05) is 11.6 Å². The second-order valence-electron chi connectivity index (χ2n) is 5.44. The molecule has 1 rings (SSSR count). The summed E-state index contributed by atoms with van der Waals surface area (Å²) in [5.41, 5.74) is 6.00. The van der Waals surface area contributed by atoms with Gasteiger partial charge in [-0.25, -0.2) is 0 Å². The van der Waals surface area contributed by atoms with Gasteiger partial charge < -0.3 is 5.73 Å². The van der Waals surface area contributed by atoms with Gasteiger partial charge in [-0.3, -0.25) is 4.90 Å². The first-order valence-corrected chi connectivity index (χ1v) is 6.02. The van der Waals surface area contributed by atoms with Gasteiger partial charge in [-0.15, -0.1) is 0 Å². The number of nitrogens with zero attached hydrogens (tertiary/aromatic N) is 1. The Morgan fingerprint density at radius 1 is 1.21 bits per heavy atom. The Kier molecular flexibility index (Phi) is 4.39. The van der Waals surface area contributed by atoms with Gasteiger partial charge in [0.15, 0.2) is 0 Å². The lowest BCUT2D eigenvalue weighted by Gasteiger charge is -2.40. The van der Waals surface area contributed by atoms with E-state index in [0.29, 0.717) is 5.54 Å². The van der Waals surface area contributed by atoms with E-state index < -0.39 is 0 Å². The summed E-state index contributed by atoms with van der Waals surface area (Å²) in [5, 5.41) is 0. The molecule has 84 valence electrons. The molecule has 1 saturated heterocycles. The van der Waals surface area contributed by atoms with Crippen molar-refractivity contribution in [1.82, 2.24) is 4.90 Å². The van der Waals surface area contributed by atoms with Gasteiger partial charge in [-0.2, -0.15) is 0 Å². The lowest BCUT2D eigenvalue weighted by molar-refractivity contribution is 0.0811. The lowest BCUT2D eigenvalue weighted by Crippen LogP contribution is -2.48. The van der Waals surface area contributed by atoms with Gasteiger partial charge in [0.25, 0.3) is 0 Å². The van der Waals surface area contributed by atoms with E-state index in [0.717, 1.165) is 19.0 Å². The van der Waals surface area contributed by atoms with Crippen LogP contribution in [-0.2, 0) is 0 Å². The molecule has 1 aliphatic heterocycles. The maximum absolute atomic E-state index is 5.69. The van der Waals surface area contributed by atoms with Gasteiger partial charge in [0.05, 0.1) is 0 Å². The third-order valence-corrected chi connectivity index (χ3v) is 3.24. The van der Waals surface area contributed by atoms with Crippen molar-refractivity contribution >= 4 is 0 Å². The van der Waals surface area contributed by atoms with Crippen LogP contribution in [0, 0.1) is 0 Å². The predicted molar refractivity (Wildman–Crippen MR) is 62.4 cm³/mol. The van der Waals surface area contributed by atoms with Gasteiger partial charge in [0.2, 0.25) is 0 Å². The summed E-state index contributed by atoms with van der Waals surface area (Å²) in [7, 11) is 0. The molecule has 0 bridgehead atoms. The molecule has 14 heavy (non-hydrogen) atoms. The standard InChI is InChI=1S/C12H26N2/c1-12(2,3)14-10-6-4-5-7-11(14)8-9-13/h11H,4-10,13H2,1-3H3. The molecular weight excluding hydrogens is 172 g/mol. The second-order valence-corrected chi connectivity index (χ2v) is 5.44. The van der Waals surface area contributed by atoms with Crippen LogP contribution in [0.5, 0.6) is 0 Å². The Bertz CT molecular complexity index is 160. The normalized spacial score (nSPS) is 26.1. The quantitative estimate of drug-likeness (QED) is 0.738. The molecular formula is C12H26N2. The minimum Gasteiger partial charge on any atom is -0.330 e. The fraction of sp³-hybridized carbons (Fsp3) is 1.00. The second kappa shape index (κ2) is 5.13. The topological polar surface area (TPSA) is 29.3 Å². The molecule has 0 aliphatic carbocycles. The molecule has 0 aromatic carbocycles. The Morgan fingerprint density at radius 2 is 1.93 bits per heavy atom. The van der Waals surface area contributed by atoms with E-state index >= 15 is 0 Å². The van der Waals surface area contributed by atoms with Gasteiger partial charge >= 0.3 is 0 Å². The number of nitrogens with two attached hydrogens (primary N) is 1. The van der Waals surface area contributed by atoms with Crippen molar-refractivity contribution in [2.75, 3.05) is 13.1 Å². The molecule has 0 amide bonds. The van der Waals surface area contributed by atoms with E-state index in [1.54, 1.807) is 0 Å². The van der Waals surface area contributed by atoms with E-state index in [4.69, 9.17) is 5.73 Å². The van der Waals surface area contributed by atoms with Crippen LogP contribution in [-0.4, -0.2) is 29.6 Å². The summed E-state index contributed by atoms with van der Waals surface area (Å²) in [6.07, 6.45) is 6.65. The van der Waals surface area contributed by atoms with Crippen LogP contribution in [0.1, 0.15) is 52.9 Å². The predicted octanol–water partition coefficient (Wildman–Crippen LogP) is 2.38. The fourth-order valence-corrected chi connectivity index (χ4v) is 2.55. The smallest absolute Gasteiger partial charge is 0.0127 e. The number of rotatable bonds is 2. The van der Waals surface area contributed by atoms with Crippen molar-refractivity contribution in [2.45, 2.75) is 64.5 Å². The summed E-state index contributed by atoms with van der Waals surface area (Å²) in [5.74, 6) is 0. The van der Waals surface area contributed by atoms with E-state index in [1.807, 2.05) is 0 Å². The van der Waals surface area contributed by atoms with E-state index in [-0.39, 0.29) is 0 Å². The maximum atomic E-state index is 5.69. The first kappa shape index (κ1) is 12.0. The monoisotopic (exact) mass is 198 g/mol. The number of hydrogen-bond donors (Lipinski definition) is 1. The van der Waals surface area contributed by atoms with Crippen molar-refractivity contribution in [3.05, 3.63) is 0 Å². The largest absolute Gasteiger partial charge is 0.330 e. The summed E-state index contributed by atoms with van der Waals surface area (Å²) in [4.78, 5) is 2.66. The SMILES string of the molecule is CC(C)(C)N1CCCCCC1CCN. The zero-order valence-electron chi connectivity index (χ0n) is 10.1. The van der Waals surface area contributed by atoms with Crippen LogP contribution in [0.3, 0.4) is 0 Å². The average molecular weight is 198 g/mol.